The maximum atomic E-state index is 10.5. The van der Waals surface area contributed by atoms with Crippen LogP contribution in [0.5, 0.6) is 5.75 Å². The summed E-state index contributed by atoms with van der Waals surface area (Å²) in [6.45, 7) is 2.59. The summed E-state index contributed by atoms with van der Waals surface area (Å²) in [5.74, 6) is 0.511. The summed E-state index contributed by atoms with van der Waals surface area (Å²) in [7, 11) is 0. The standard InChI is InChI=1S/C14H20BrNO3/c1-11(17)18-8-4-2-3-5-9-19-14-7-6-12(15)10-13(14)16/h6-7,10H,2-5,8-9,16H2,1H3. The Morgan fingerprint density at radius 2 is 1.89 bits per heavy atom. The van der Waals surface area contributed by atoms with Crippen LogP contribution in [0.1, 0.15) is 32.6 Å². The van der Waals surface area contributed by atoms with E-state index < -0.39 is 0 Å². The molecule has 0 unspecified atom stereocenters. The Bertz CT molecular complexity index is 410. The third-order valence-corrected chi connectivity index (χ3v) is 3.07. The van der Waals surface area contributed by atoms with Crippen LogP contribution in [0, 0.1) is 0 Å². The number of nitrogen functional groups attached to an aromatic ring is 1. The summed E-state index contributed by atoms with van der Waals surface area (Å²) in [6.07, 6.45) is 3.96. The minimum Gasteiger partial charge on any atom is -0.491 e. The summed E-state index contributed by atoms with van der Waals surface area (Å²) in [6, 6.07) is 5.60. The molecule has 2 N–H and O–H groups in total. The van der Waals surface area contributed by atoms with Gasteiger partial charge in [-0.1, -0.05) is 15.9 Å². The number of hydrogen-bond acceptors (Lipinski definition) is 4. The molecule has 0 fully saturated rings. The minimum absolute atomic E-state index is 0.214. The zero-order valence-electron chi connectivity index (χ0n) is 11.2. The van der Waals surface area contributed by atoms with Crippen molar-refractivity contribution in [2.24, 2.45) is 0 Å². The third kappa shape index (κ3) is 7.06. The maximum absolute atomic E-state index is 10.5. The number of ether oxygens (including phenoxy) is 2. The molecule has 0 aromatic heterocycles. The van der Waals surface area contributed by atoms with Crippen LogP contribution in [-0.2, 0) is 9.53 Å². The SMILES string of the molecule is CC(=O)OCCCCCCOc1ccc(Br)cc1N. The van der Waals surface area contributed by atoms with Gasteiger partial charge in [-0.2, -0.15) is 0 Å². The van der Waals surface area contributed by atoms with Crippen LogP contribution in [0.25, 0.3) is 0 Å². The molecule has 4 nitrogen and oxygen atoms in total. The van der Waals surface area contributed by atoms with Crippen molar-refractivity contribution >= 4 is 27.6 Å². The van der Waals surface area contributed by atoms with Gasteiger partial charge in [0.2, 0.25) is 0 Å². The van der Waals surface area contributed by atoms with Crippen LogP contribution >= 0.6 is 15.9 Å². The molecule has 0 heterocycles. The van der Waals surface area contributed by atoms with Gasteiger partial charge in [-0.3, -0.25) is 4.79 Å². The molecule has 0 amide bonds. The number of hydrogen-bond donors (Lipinski definition) is 1. The van der Waals surface area contributed by atoms with E-state index in [0.29, 0.717) is 18.9 Å². The zero-order chi connectivity index (χ0) is 14.1. The molecule has 0 aliphatic heterocycles. The van der Waals surface area contributed by atoms with Crippen molar-refractivity contribution in [1.82, 2.24) is 0 Å². The van der Waals surface area contributed by atoms with Gasteiger partial charge in [-0.15, -0.1) is 0 Å². The number of esters is 1. The number of rotatable bonds is 8. The molecule has 0 aliphatic carbocycles. The van der Waals surface area contributed by atoms with Gasteiger partial charge in [0.25, 0.3) is 0 Å². The van der Waals surface area contributed by atoms with Crippen LogP contribution < -0.4 is 10.5 Å². The highest BCUT2D eigenvalue weighted by Gasteiger charge is 2.00. The molecule has 0 bridgehead atoms. The first-order chi connectivity index (χ1) is 9.09. The first kappa shape index (κ1) is 15.8. The van der Waals surface area contributed by atoms with Gasteiger partial charge < -0.3 is 15.2 Å². The molecular formula is C14H20BrNO3. The number of nitrogens with two attached hydrogens (primary N) is 1. The average molecular weight is 330 g/mol. The fourth-order valence-electron chi connectivity index (χ4n) is 1.61. The summed E-state index contributed by atoms with van der Waals surface area (Å²) >= 11 is 3.35. The second-order valence-electron chi connectivity index (χ2n) is 4.28. The number of halogens is 1. The van der Waals surface area contributed by atoms with Gasteiger partial charge in [-0.05, 0) is 43.9 Å². The summed E-state index contributed by atoms with van der Waals surface area (Å²) in [5, 5.41) is 0. The van der Waals surface area contributed by atoms with E-state index in [4.69, 9.17) is 15.2 Å². The minimum atomic E-state index is -0.214. The van der Waals surface area contributed by atoms with E-state index in [2.05, 4.69) is 15.9 Å². The highest BCUT2D eigenvalue weighted by atomic mass is 79.9. The molecule has 5 heteroatoms. The van der Waals surface area contributed by atoms with Crippen LogP contribution in [0.3, 0.4) is 0 Å². The van der Waals surface area contributed by atoms with E-state index in [9.17, 15) is 4.79 Å². The zero-order valence-corrected chi connectivity index (χ0v) is 12.7. The van der Waals surface area contributed by atoms with Crippen LogP contribution in [0.15, 0.2) is 22.7 Å². The molecule has 0 saturated heterocycles. The monoisotopic (exact) mass is 329 g/mol. The molecule has 1 aromatic carbocycles. The quantitative estimate of drug-likeness (QED) is 0.450. The van der Waals surface area contributed by atoms with Crippen molar-refractivity contribution in [2.45, 2.75) is 32.6 Å². The first-order valence-corrected chi connectivity index (χ1v) is 7.20. The lowest BCUT2D eigenvalue weighted by Crippen LogP contribution is -2.02. The lowest BCUT2D eigenvalue weighted by Gasteiger charge is -2.09. The molecule has 0 aliphatic rings. The summed E-state index contributed by atoms with van der Waals surface area (Å²) in [5.41, 5.74) is 6.47. The van der Waals surface area contributed by atoms with E-state index in [-0.39, 0.29) is 5.97 Å². The lowest BCUT2D eigenvalue weighted by molar-refractivity contribution is -0.141. The van der Waals surface area contributed by atoms with E-state index in [0.717, 1.165) is 35.9 Å². The predicted octanol–water partition coefficient (Wildman–Crippen LogP) is 3.53. The Morgan fingerprint density at radius 1 is 1.21 bits per heavy atom. The van der Waals surface area contributed by atoms with E-state index in [1.54, 1.807) is 0 Å². The second-order valence-corrected chi connectivity index (χ2v) is 5.20. The van der Waals surface area contributed by atoms with Crippen LogP contribution in [0.2, 0.25) is 0 Å². The predicted molar refractivity (Wildman–Crippen MR) is 79.2 cm³/mol. The van der Waals surface area contributed by atoms with Crippen molar-refractivity contribution in [3.63, 3.8) is 0 Å². The van der Waals surface area contributed by atoms with Crippen molar-refractivity contribution in [3.05, 3.63) is 22.7 Å². The molecule has 0 atom stereocenters. The Kier molecular flexibility index (Phi) is 7.33. The van der Waals surface area contributed by atoms with Crippen molar-refractivity contribution < 1.29 is 14.3 Å². The molecule has 0 spiro atoms. The van der Waals surface area contributed by atoms with Crippen molar-refractivity contribution in [1.29, 1.82) is 0 Å². The van der Waals surface area contributed by atoms with Crippen LogP contribution in [0.4, 0.5) is 5.69 Å². The Morgan fingerprint density at radius 3 is 2.53 bits per heavy atom. The third-order valence-electron chi connectivity index (χ3n) is 2.57. The van der Waals surface area contributed by atoms with Gasteiger partial charge >= 0.3 is 5.97 Å². The smallest absolute Gasteiger partial charge is 0.302 e. The van der Waals surface area contributed by atoms with E-state index in [1.165, 1.54) is 6.92 Å². The number of unbranched alkanes of at least 4 members (excludes halogenated alkanes) is 3. The highest BCUT2D eigenvalue weighted by Crippen LogP contribution is 2.25. The van der Waals surface area contributed by atoms with Crippen molar-refractivity contribution in [2.75, 3.05) is 18.9 Å². The Balaban J connectivity index is 2.06. The second kappa shape index (κ2) is 8.80. The largest absolute Gasteiger partial charge is 0.491 e. The Hall–Kier alpha value is -1.23. The number of benzene rings is 1. The highest BCUT2D eigenvalue weighted by molar-refractivity contribution is 9.10. The van der Waals surface area contributed by atoms with E-state index >= 15 is 0 Å². The summed E-state index contributed by atoms with van der Waals surface area (Å²) in [4.78, 5) is 10.5. The van der Waals surface area contributed by atoms with Crippen molar-refractivity contribution in [3.8, 4) is 5.75 Å². The first-order valence-electron chi connectivity index (χ1n) is 6.41. The summed E-state index contributed by atoms with van der Waals surface area (Å²) < 4.78 is 11.4. The van der Waals surface area contributed by atoms with Gasteiger partial charge in [0.1, 0.15) is 5.75 Å². The fraction of sp³-hybridized carbons (Fsp3) is 0.500. The average Bonchev–Trinajstić information content (AvgIpc) is 2.34. The van der Waals surface area contributed by atoms with E-state index in [1.807, 2.05) is 18.2 Å². The number of carbonyl (C=O) groups excluding carboxylic acids is 1. The molecule has 19 heavy (non-hydrogen) atoms. The van der Waals surface area contributed by atoms with Gasteiger partial charge in [-0.25, -0.2) is 0 Å². The molecule has 0 saturated carbocycles. The fourth-order valence-corrected chi connectivity index (χ4v) is 1.99. The molecule has 0 radical (unpaired) electrons. The van der Waals surface area contributed by atoms with Gasteiger partial charge in [0.05, 0.1) is 18.9 Å². The number of carbonyl (C=O) groups is 1. The molecular weight excluding hydrogens is 310 g/mol. The number of anilines is 1. The maximum Gasteiger partial charge on any atom is 0.302 e. The van der Waals surface area contributed by atoms with Gasteiger partial charge in [0.15, 0.2) is 0 Å². The Labute approximate surface area is 122 Å². The molecule has 1 aromatic rings. The topological polar surface area (TPSA) is 61.5 Å². The lowest BCUT2D eigenvalue weighted by atomic mass is 10.2. The van der Waals surface area contributed by atoms with Gasteiger partial charge in [0, 0.05) is 11.4 Å². The van der Waals surface area contributed by atoms with Crippen LogP contribution in [-0.4, -0.2) is 19.2 Å². The molecule has 1 rings (SSSR count). The normalized spacial score (nSPS) is 10.2. The molecule has 106 valence electrons.